The maximum atomic E-state index is 6.03. The topological polar surface area (TPSA) is 35.1 Å². The number of nitrogens with two attached hydrogens (primary N) is 1. The van der Waals surface area contributed by atoms with Crippen LogP contribution in [0.15, 0.2) is 22.7 Å². The van der Waals surface area contributed by atoms with Gasteiger partial charge in [0, 0.05) is 4.47 Å². The lowest BCUT2D eigenvalue weighted by atomic mass is 10.3. The van der Waals surface area contributed by atoms with Gasteiger partial charge in [-0.3, -0.25) is 0 Å². The van der Waals surface area contributed by atoms with Crippen molar-refractivity contribution in [2.45, 2.75) is 19.9 Å². The summed E-state index contributed by atoms with van der Waals surface area (Å²) in [6.07, 6.45) is 0. The Morgan fingerprint density at radius 1 is 1.28 bits per heavy atom. The van der Waals surface area contributed by atoms with E-state index in [0.717, 1.165) is 17.6 Å². The highest BCUT2D eigenvalue weighted by molar-refractivity contribution is 9.10. The molecule has 1 aromatic rings. The molecule has 0 saturated heterocycles. The zero-order valence-electron chi connectivity index (χ0n) is 10.8. The largest absolute Gasteiger partial charge is 0.490 e. The lowest BCUT2D eigenvalue weighted by Gasteiger charge is -2.09. The molecule has 0 aromatic heterocycles. The van der Waals surface area contributed by atoms with Crippen LogP contribution in [0.2, 0.25) is 5.02 Å². The van der Waals surface area contributed by atoms with E-state index in [-0.39, 0.29) is 0 Å². The van der Waals surface area contributed by atoms with Crippen LogP contribution in [0.5, 0.6) is 5.75 Å². The first-order valence-electron chi connectivity index (χ1n) is 6.08. The molecule has 0 heterocycles. The van der Waals surface area contributed by atoms with Gasteiger partial charge in [0.25, 0.3) is 0 Å². The van der Waals surface area contributed by atoms with Gasteiger partial charge in [-0.25, -0.2) is 0 Å². The van der Waals surface area contributed by atoms with E-state index < -0.39 is 0 Å². The van der Waals surface area contributed by atoms with Crippen molar-refractivity contribution in [3.8, 4) is 5.75 Å². The van der Waals surface area contributed by atoms with E-state index in [4.69, 9.17) is 21.1 Å². The summed E-state index contributed by atoms with van der Waals surface area (Å²) in [5.41, 5.74) is 0. The van der Waals surface area contributed by atoms with Crippen molar-refractivity contribution < 1.29 is 14.8 Å². The molecule has 0 aliphatic heterocycles. The molecule has 0 aliphatic carbocycles. The summed E-state index contributed by atoms with van der Waals surface area (Å²) >= 11 is 9.38. The normalized spacial score (nSPS) is 10.9. The smallest absolute Gasteiger partial charge is 0.138 e. The molecule has 18 heavy (non-hydrogen) atoms. The van der Waals surface area contributed by atoms with Crippen LogP contribution < -0.4 is 10.1 Å². The van der Waals surface area contributed by atoms with Crippen molar-refractivity contribution in [3.63, 3.8) is 0 Å². The molecule has 0 bridgehead atoms. The highest BCUT2D eigenvalue weighted by Gasteiger charge is 2.02. The van der Waals surface area contributed by atoms with E-state index in [1.165, 1.54) is 0 Å². The zero-order chi connectivity index (χ0) is 13.4. The van der Waals surface area contributed by atoms with Crippen molar-refractivity contribution in [2.24, 2.45) is 0 Å². The van der Waals surface area contributed by atoms with Crippen LogP contribution >= 0.6 is 27.5 Å². The van der Waals surface area contributed by atoms with Gasteiger partial charge in [-0.2, -0.15) is 0 Å². The van der Waals surface area contributed by atoms with Crippen LogP contribution in [0.3, 0.4) is 0 Å². The molecule has 0 fully saturated rings. The Labute approximate surface area is 122 Å². The molecule has 2 N–H and O–H groups in total. The average Bonchev–Trinajstić information content (AvgIpc) is 2.30. The third-order valence-corrected chi connectivity index (χ3v) is 3.07. The summed E-state index contributed by atoms with van der Waals surface area (Å²) in [7, 11) is 0. The predicted molar refractivity (Wildman–Crippen MR) is 77.4 cm³/mol. The van der Waals surface area contributed by atoms with Crippen molar-refractivity contribution in [3.05, 3.63) is 27.7 Å². The Morgan fingerprint density at radius 3 is 2.72 bits per heavy atom. The van der Waals surface area contributed by atoms with E-state index in [2.05, 4.69) is 35.1 Å². The van der Waals surface area contributed by atoms with Crippen molar-refractivity contribution >= 4 is 27.5 Å². The number of ether oxygens (including phenoxy) is 2. The van der Waals surface area contributed by atoms with Gasteiger partial charge in [0.2, 0.25) is 0 Å². The van der Waals surface area contributed by atoms with Crippen LogP contribution in [-0.2, 0) is 4.74 Å². The van der Waals surface area contributed by atoms with Gasteiger partial charge < -0.3 is 14.8 Å². The van der Waals surface area contributed by atoms with Crippen molar-refractivity contribution in [1.82, 2.24) is 0 Å². The third kappa shape index (κ3) is 6.59. The molecule has 0 atom stereocenters. The average molecular weight is 338 g/mol. The molecular formula is C13H20BrClNO2+. The summed E-state index contributed by atoms with van der Waals surface area (Å²) < 4.78 is 11.9. The molecule has 5 heteroatoms. The van der Waals surface area contributed by atoms with Gasteiger partial charge in [0.05, 0.1) is 30.8 Å². The second-order valence-electron chi connectivity index (χ2n) is 4.30. The van der Waals surface area contributed by atoms with Gasteiger partial charge in [0.1, 0.15) is 12.4 Å². The quantitative estimate of drug-likeness (QED) is 0.740. The first-order chi connectivity index (χ1) is 8.59. The molecular weight excluding hydrogens is 318 g/mol. The highest BCUT2D eigenvalue weighted by atomic mass is 79.9. The van der Waals surface area contributed by atoms with E-state index in [0.29, 0.717) is 30.0 Å². The molecule has 0 spiro atoms. The van der Waals surface area contributed by atoms with Crippen LogP contribution in [-0.4, -0.2) is 32.4 Å². The standard InChI is InChI=1S/C13H19BrClNO2/c1-10(2)16-5-6-17-7-8-18-13-4-3-11(14)9-12(13)15/h3-4,9-10,16H,5-8H2,1-2H3/p+1. The molecule has 3 nitrogen and oxygen atoms in total. The summed E-state index contributed by atoms with van der Waals surface area (Å²) in [4.78, 5) is 0. The number of hydrogen-bond donors (Lipinski definition) is 1. The van der Waals surface area contributed by atoms with Crippen LogP contribution in [0.25, 0.3) is 0 Å². The Balaban J connectivity index is 2.11. The number of hydrogen-bond acceptors (Lipinski definition) is 2. The van der Waals surface area contributed by atoms with Crippen molar-refractivity contribution in [1.29, 1.82) is 0 Å². The highest BCUT2D eigenvalue weighted by Crippen LogP contribution is 2.27. The minimum Gasteiger partial charge on any atom is -0.490 e. The number of halogens is 2. The Hall–Kier alpha value is -0.290. The molecule has 0 unspecified atom stereocenters. The summed E-state index contributed by atoms with van der Waals surface area (Å²) in [5, 5.41) is 2.85. The maximum absolute atomic E-state index is 6.03. The predicted octanol–water partition coefficient (Wildman–Crippen LogP) is 2.47. The molecule has 102 valence electrons. The Morgan fingerprint density at radius 2 is 2.06 bits per heavy atom. The lowest BCUT2D eigenvalue weighted by Crippen LogP contribution is -2.89. The number of quaternary nitrogens is 1. The van der Waals surface area contributed by atoms with Gasteiger partial charge >= 0.3 is 0 Å². The molecule has 1 rings (SSSR count). The molecule has 0 aliphatic rings. The Kier molecular flexibility index (Phi) is 7.66. The van der Waals surface area contributed by atoms with Gasteiger partial charge in [-0.05, 0) is 32.0 Å². The second kappa shape index (κ2) is 8.75. The molecule has 0 saturated carbocycles. The summed E-state index contributed by atoms with van der Waals surface area (Å²) in [6.45, 7) is 7.16. The minimum absolute atomic E-state index is 0.517. The van der Waals surface area contributed by atoms with Crippen LogP contribution in [0.4, 0.5) is 0 Å². The van der Waals surface area contributed by atoms with E-state index in [9.17, 15) is 0 Å². The first kappa shape index (κ1) is 15.8. The van der Waals surface area contributed by atoms with E-state index in [1.54, 1.807) is 0 Å². The van der Waals surface area contributed by atoms with Gasteiger partial charge in [-0.15, -0.1) is 0 Å². The van der Waals surface area contributed by atoms with Gasteiger partial charge in [-0.1, -0.05) is 27.5 Å². The monoisotopic (exact) mass is 336 g/mol. The zero-order valence-corrected chi connectivity index (χ0v) is 13.1. The number of benzene rings is 1. The number of rotatable bonds is 8. The van der Waals surface area contributed by atoms with E-state index >= 15 is 0 Å². The maximum Gasteiger partial charge on any atom is 0.138 e. The fourth-order valence-corrected chi connectivity index (χ4v) is 2.12. The second-order valence-corrected chi connectivity index (χ2v) is 5.63. The minimum atomic E-state index is 0.517. The van der Waals surface area contributed by atoms with E-state index in [1.807, 2.05) is 18.2 Å². The Bertz CT molecular complexity index is 361. The summed E-state index contributed by atoms with van der Waals surface area (Å²) in [5.74, 6) is 0.692. The van der Waals surface area contributed by atoms with Gasteiger partial charge in [0.15, 0.2) is 0 Å². The SMILES string of the molecule is CC(C)[NH2+]CCOCCOc1ccc(Br)cc1Cl. The molecule has 1 aromatic carbocycles. The fourth-order valence-electron chi connectivity index (χ4n) is 1.39. The lowest BCUT2D eigenvalue weighted by molar-refractivity contribution is -0.684. The fraction of sp³-hybridized carbons (Fsp3) is 0.538. The van der Waals surface area contributed by atoms with Crippen LogP contribution in [0.1, 0.15) is 13.8 Å². The first-order valence-corrected chi connectivity index (χ1v) is 7.25. The molecule has 0 amide bonds. The summed E-state index contributed by atoms with van der Waals surface area (Å²) in [6, 6.07) is 6.18. The van der Waals surface area contributed by atoms with Crippen molar-refractivity contribution in [2.75, 3.05) is 26.4 Å². The third-order valence-electron chi connectivity index (χ3n) is 2.28. The van der Waals surface area contributed by atoms with Crippen LogP contribution in [0, 0.1) is 0 Å². The molecule has 0 radical (unpaired) electrons.